The standard InChI is InChI=1S/C20H22N8O/c1-3-17(29)26-20(2)8-12(9-20)24-19-23-11-14-13(10-22-18(14)25-19)15-4-5-16-21-6-7-28(16)27-15/h4-7,10-12H,3,8-9H2,1-2H3,(H,26,29)(H2,22,23,24,25). The zero-order valence-electron chi connectivity index (χ0n) is 16.3. The lowest BCUT2D eigenvalue weighted by Crippen LogP contribution is -2.59. The van der Waals surface area contributed by atoms with Crippen molar-refractivity contribution in [1.82, 2.24) is 34.9 Å². The molecule has 4 aromatic rings. The van der Waals surface area contributed by atoms with Crippen molar-refractivity contribution in [3.63, 3.8) is 0 Å². The smallest absolute Gasteiger partial charge is 0.224 e. The molecule has 0 atom stereocenters. The number of carbonyl (C=O) groups is 1. The summed E-state index contributed by atoms with van der Waals surface area (Å²) in [6.07, 6.45) is 9.46. The van der Waals surface area contributed by atoms with E-state index in [1.165, 1.54) is 0 Å². The van der Waals surface area contributed by atoms with Crippen molar-refractivity contribution in [2.45, 2.75) is 44.7 Å². The lowest BCUT2D eigenvalue weighted by Gasteiger charge is -2.45. The van der Waals surface area contributed by atoms with Crippen LogP contribution in [0.1, 0.15) is 33.1 Å². The van der Waals surface area contributed by atoms with E-state index in [-0.39, 0.29) is 17.5 Å². The number of fused-ring (bicyclic) bond motifs is 2. The Morgan fingerprint density at radius 3 is 3.03 bits per heavy atom. The minimum absolute atomic E-state index is 0.0880. The number of amides is 1. The molecule has 4 heterocycles. The van der Waals surface area contributed by atoms with E-state index in [0.29, 0.717) is 12.4 Å². The lowest BCUT2D eigenvalue weighted by atomic mass is 9.74. The maximum Gasteiger partial charge on any atom is 0.224 e. The van der Waals surface area contributed by atoms with Crippen LogP contribution in [0.2, 0.25) is 0 Å². The van der Waals surface area contributed by atoms with Gasteiger partial charge in [0.25, 0.3) is 0 Å². The highest BCUT2D eigenvalue weighted by atomic mass is 16.1. The first kappa shape index (κ1) is 17.6. The van der Waals surface area contributed by atoms with Gasteiger partial charge in [-0.15, -0.1) is 0 Å². The van der Waals surface area contributed by atoms with Crippen molar-refractivity contribution in [2.75, 3.05) is 5.32 Å². The lowest BCUT2D eigenvalue weighted by molar-refractivity contribution is -0.123. The molecule has 0 aliphatic heterocycles. The predicted octanol–water partition coefficient (Wildman–Crippen LogP) is 2.53. The van der Waals surface area contributed by atoms with E-state index in [0.717, 1.165) is 40.8 Å². The Morgan fingerprint density at radius 2 is 2.21 bits per heavy atom. The Hall–Kier alpha value is -3.49. The van der Waals surface area contributed by atoms with Crippen LogP contribution in [-0.4, -0.2) is 47.0 Å². The van der Waals surface area contributed by atoms with Gasteiger partial charge in [-0.2, -0.15) is 10.1 Å². The summed E-state index contributed by atoms with van der Waals surface area (Å²) in [4.78, 5) is 28.2. The average molecular weight is 390 g/mol. The molecule has 1 amide bonds. The van der Waals surface area contributed by atoms with E-state index in [1.54, 1.807) is 10.7 Å². The molecule has 0 aromatic carbocycles. The van der Waals surface area contributed by atoms with Crippen LogP contribution in [0.15, 0.2) is 36.9 Å². The van der Waals surface area contributed by atoms with Crippen molar-refractivity contribution in [3.8, 4) is 11.3 Å². The summed E-state index contributed by atoms with van der Waals surface area (Å²) < 4.78 is 1.75. The molecule has 9 nitrogen and oxygen atoms in total. The van der Waals surface area contributed by atoms with Crippen LogP contribution in [0.4, 0.5) is 5.95 Å². The van der Waals surface area contributed by atoms with E-state index in [2.05, 4.69) is 42.6 Å². The molecule has 148 valence electrons. The topological polar surface area (TPSA) is 113 Å². The number of rotatable bonds is 5. The number of nitrogens with zero attached hydrogens (tertiary/aromatic N) is 5. The van der Waals surface area contributed by atoms with Gasteiger partial charge in [-0.25, -0.2) is 14.5 Å². The minimum atomic E-state index is -0.147. The summed E-state index contributed by atoms with van der Waals surface area (Å²) in [6.45, 7) is 3.94. The van der Waals surface area contributed by atoms with Crippen LogP contribution in [0.3, 0.4) is 0 Å². The van der Waals surface area contributed by atoms with Crippen molar-refractivity contribution in [3.05, 3.63) is 36.9 Å². The van der Waals surface area contributed by atoms with Crippen LogP contribution < -0.4 is 10.6 Å². The van der Waals surface area contributed by atoms with E-state index in [9.17, 15) is 4.79 Å². The molecule has 4 aromatic heterocycles. The SMILES string of the molecule is CCC(=O)NC1(C)CC(Nc2ncc3c(-c4ccc5nccn5n4)c[nH]c3n2)C1. The molecule has 1 aliphatic carbocycles. The van der Waals surface area contributed by atoms with Crippen LogP contribution in [-0.2, 0) is 4.79 Å². The van der Waals surface area contributed by atoms with Crippen molar-refractivity contribution in [2.24, 2.45) is 0 Å². The molecule has 1 aliphatic rings. The van der Waals surface area contributed by atoms with Gasteiger partial charge in [0.15, 0.2) is 5.65 Å². The van der Waals surface area contributed by atoms with E-state index < -0.39 is 0 Å². The number of imidazole rings is 1. The van der Waals surface area contributed by atoms with Crippen LogP contribution in [0.25, 0.3) is 27.9 Å². The monoisotopic (exact) mass is 390 g/mol. The number of aromatic amines is 1. The maximum absolute atomic E-state index is 11.6. The highest BCUT2D eigenvalue weighted by molar-refractivity contribution is 5.92. The Bertz CT molecular complexity index is 1200. The average Bonchev–Trinajstić information content (AvgIpc) is 3.32. The first-order valence-electron chi connectivity index (χ1n) is 9.75. The van der Waals surface area contributed by atoms with Crippen molar-refractivity contribution >= 4 is 28.5 Å². The van der Waals surface area contributed by atoms with Crippen LogP contribution in [0.5, 0.6) is 0 Å². The maximum atomic E-state index is 11.6. The van der Waals surface area contributed by atoms with Gasteiger partial charge in [0, 0.05) is 53.7 Å². The normalized spacial score (nSPS) is 21.2. The van der Waals surface area contributed by atoms with Crippen LogP contribution >= 0.6 is 0 Å². The van der Waals surface area contributed by atoms with E-state index >= 15 is 0 Å². The molecule has 9 heteroatoms. The molecule has 1 saturated carbocycles. The fourth-order valence-corrected chi connectivity index (χ4v) is 3.99. The molecule has 0 saturated heterocycles. The third kappa shape index (κ3) is 3.18. The number of hydrogen-bond acceptors (Lipinski definition) is 6. The molecule has 29 heavy (non-hydrogen) atoms. The number of anilines is 1. The molecule has 0 spiro atoms. The molecule has 1 fully saturated rings. The second kappa shape index (κ2) is 6.54. The summed E-state index contributed by atoms with van der Waals surface area (Å²) in [5, 5.41) is 12.0. The van der Waals surface area contributed by atoms with Gasteiger partial charge in [-0.05, 0) is 31.9 Å². The van der Waals surface area contributed by atoms with Gasteiger partial charge in [-0.1, -0.05) is 6.92 Å². The first-order chi connectivity index (χ1) is 14.0. The van der Waals surface area contributed by atoms with Gasteiger partial charge in [0.1, 0.15) is 5.65 Å². The van der Waals surface area contributed by atoms with Gasteiger partial charge < -0.3 is 15.6 Å². The molecular weight excluding hydrogens is 368 g/mol. The fraction of sp³-hybridized carbons (Fsp3) is 0.350. The number of aromatic nitrogens is 6. The van der Waals surface area contributed by atoms with Gasteiger partial charge in [0.2, 0.25) is 11.9 Å². The number of hydrogen-bond donors (Lipinski definition) is 3. The molecule has 0 radical (unpaired) electrons. The summed E-state index contributed by atoms with van der Waals surface area (Å²) in [5.74, 6) is 0.669. The zero-order chi connectivity index (χ0) is 20.0. The number of nitrogens with one attached hydrogen (secondary N) is 3. The second-order valence-electron chi connectivity index (χ2n) is 7.82. The Labute approximate surface area is 167 Å². The van der Waals surface area contributed by atoms with Crippen molar-refractivity contribution < 1.29 is 4.79 Å². The van der Waals surface area contributed by atoms with Crippen LogP contribution in [0, 0.1) is 0 Å². The largest absolute Gasteiger partial charge is 0.351 e. The molecule has 5 rings (SSSR count). The molecule has 3 N–H and O–H groups in total. The van der Waals surface area contributed by atoms with E-state index in [1.807, 2.05) is 37.6 Å². The fourth-order valence-electron chi connectivity index (χ4n) is 3.99. The van der Waals surface area contributed by atoms with Gasteiger partial charge in [-0.3, -0.25) is 4.79 Å². The third-order valence-corrected chi connectivity index (χ3v) is 5.45. The first-order valence-corrected chi connectivity index (χ1v) is 9.75. The zero-order valence-corrected chi connectivity index (χ0v) is 16.3. The third-order valence-electron chi connectivity index (χ3n) is 5.45. The Balaban J connectivity index is 1.33. The quantitative estimate of drug-likeness (QED) is 0.483. The van der Waals surface area contributed by atoms with Crippen molar-refractivity contribution in [1.29, 1.82) is 0 Å². The summed E-state index contributed by atoms with van der Waals surface area (Å²) >= 11 is 0. The molecule has 0 unspecified atom stereocenters. The Morgan fingerprint density at radius 1 is 1.34 bits per heavy atom. The number of H-pyrrole nitrogens is 1. The number of carbonyl (C=O) groups excluding carboxylic acids is 1. The predicted molar refractivity (Wildman–Crippen MR) is 109 cm³/mol. The second-order valence-corrected chi connectivity index (χ2v) is 7.82. The van der Waals surface area contributed by atoms with Gasteiger partial charge >= 0.3 is 0 Å². The molecule has 0 bridgehead atoms. The summed E-state index contributed by atoms with van der Waals surface area (Å²) in [5.41, 5.74) is 3.19. The Kier molecular flexibility index (Phi) is 3.97. The minimum Gasteiger partial charge on any atom is -0.351 e. The van der Waals surface area contributed by atoms with Gasteiger partial charge in [0.05, 0.1) is 5.69 Å². The van der Waals surface area contributed by atoms with E-state index in [4.69, 9.17) is 0 Å². The highest BCUT2D eigenvalue weighted by Crippen LogP contribution is 2.34. The summed E-state index contributed by atoms with van der Waals surface area (Å²) in [7, 11) is 0. The molecular formula is C20H22N8O. The highest BCUT2D eigenvalue weighted by Gasteiger charge is 2.41. The summed E-state index contributed by atoms with van der Waals surface area (Å²) in [6, 6.07) is 4.12.